The van der Waals surface area contributed by atoms with Crippen molar-refractivity contribution in [2.24, 2.45) is 0 Å². The van der Waals surface area contributed by atoms with Gasteiger partial charge in [-0.15, -0.1) is 0 Å². The Morgan fingerprint density at radius 2 is 1.81 bits per heavy atom. The predicted octanol–water partition coefficient (Wildman–Crippen LogP) is 3.79. The minimum atomic E-state index is -0.409. The molecule has 0 bridgehead atoms. The molecule has 0 spiro atoms. The van der Waals surface area contributed by atoms with Gasteiger partial charge in [-0.1, -0.05) is 12.1 Å². The first kappa shape index (κ1) is 21.6. The van der Waals surface area contributed by atoms with Crippen LogP contribution in [0.25, 0.3) is 0 Å². The number of nitrogens with one attached hydrogen (secondary N) is 3. The van der Waals surface area contributed by atoms with Gasteiger partial charge in [0.2, 0.25) is 0 Å². The van der Waals surface area contributed by atoms with E-state index in [1.807, 2.05) is 26.0 Å². The first-order valence-corrected chi connectivity index (χ1v) is 10.2. The maximum atomic E-state index is 12.3. The lowest BCUT2D eigenvalue weighted by atomic mass is 10.2. The van der Waals surface area contributed by atoms with Crippen molar-refractivity contribution in [1.82, 2.24) is 16.2 Å². The summed E-state index contributed by atoms with van der Waals surface area (Å²) in [7, 11) is 0. The molecule has 0 unspecified atom stereocenters. The summed E-state index contributed by atoms with van der Waals surface area (Å²) in [6.07, 6.45) is 0.0223. The largest absolute Gasteiger partial charge is 0.490 e. The van der Waals surface area contributed by atoms with Crippen molar-refractivity contribution < 1.29 is 14.3 Å². The fourth-order valence-electron chi connectivity index (χ4n) is 2.02. The van der Waals surface area contributed by atoms with Crippen LogP contribution in [0.1, 0.15) is 34.6 Å². The van der Waals surface area contributed by atoms with Gasteiger partial charge < -0.3 is 4.74 Å². The molecule has 6 nitrogen and oxygen atoms in total. The number of hydrogen-bond acceptors (Lipinski definition) is 4. The third-order valence-corrected chi connectivity index (χ3v) is 4.96. The maximum absolute atomic E-state index is 12.3. The Kier molecular flexibility index (Phi) is 7.99. The molecule has 0 heterocycles. The van der Waals surface area contributed by atoms with Crippen molar-refractivity contribution in [2.75, 3.05) is 0 Å². The summed E-state index contributed by atoms with van der Waals surface area (Å²) in [5, 5.41) is 2.49. The van der Waals surface area contributed by atoms with Crippen molar-refractivity contribution in [2.45, 2.75) is 20.0 Å². The Hall–Kier alpha value is -1.72. The highest BCUT2D eigenvalue weighted by molar-refractivity contribution is 14.1. The number of halogens is 2. The molecule has 2 aromatic carbocycles. The molecule has 0 saturated carbocycles. The van der Waals surface area contributed by atoms with E-state index in [0.29, 0.717) is 21.3 Å². The van der Waals surface area contributed by atoms with Gasteiger partial charge in [-0.05, 0) is 94.9 Å². The number of benzene rings is 2. The van der Waals surface area contributed by atoms with Crippen LogP contribution in [-0.2, 0) is 0 Å². The van der Waals surface area contributed by atoms with Gasteiger partial charge in [0.1, 0.15) is 5.75 Å². The van der Waals surface area contributed by atoms with E-state index in [1.165, 1.54) is 0 Å². The lowest BCUT2D eigenvalue weighted by Crippen LogP contribution is -2.48. The van der Waals surface area contributed by atoms with E-state index in [1.54, 1.807) is 30.3 Å². The quantitative estimate of drug-likeness (QED) is 0.301. The molecule has 3 N–H and O–H groups in total. The number of amides is 2. The second kappa shape index (κ2) is 10.00. The maximum Gasteiger partial charge on any atom is 0.270 e. The lowest BCUT2D eigenvalue weighted by Gasteiger charge is -2.13. The molecule has 142 valence electrons. The van der Waals surface area contributed by atoms with Crippen LogP contribution in [0.2, 0.25) is 0 Å². The molecule has 0 fully saturated rings. The highest BCUT2D eigenvalue weighted by atomic mass is 127. The summed E-state index contributed by atoms with van der Waals surface area (Å²) in [5.41, 5.74) is 5.88. The van der Waals surface area contributed by atoms with Gasteiger partial charge in [0.25, 0.3) is 11.8 Å². The topological polar surface area (TPSA) is 79.5 Å². The smallest absolute Gasteiger partial charge is 0.270 e. The van der Waals surface area contributed by atoms with Crippen molar-refractivity contribution in [1.29, 1.82) is 0 Å². The first-order valence-electron chi connectivity index (χ1n) is 7.90. The fourth-order valence-corrected chi connectivity index (χ4v) is 3.27. The molecule has 0 atom stereocenters. The highest BCUT2D eigenvalue weighted by Crippen LogP contribution is 2.26. The average molecular weight is 562 g/mol. The fraction of sp³-hybridized carbons (Fsp3) is 0.167. The van der Waals surface area contributed by atoms with E-state index in [4.69, 9.17) is 17.0 Å². The molecular formula is C18H17BrIN3O3S. The monoisotopic (exact) mass is 561 g/mol. The second-order valence-corrected chi connectivity index (χ2v) is 8.08. The Bertz CT molecular complexity index is 877. The number of hydrazine groups is 1. The number of hydrogen-bond donors (Lipinski definition) is 3. The van der Waals surface area contributed by atoms with Crippen LogP contribution in [0.15, 0.2) is 46.9 Å². The number of ether oxygens (including phenoxy) is 1. The minimum Gasteiger partial charge on any atom is -0.490 e. The van der Waals surface area contributed by atoms with Crippen LogP contribution >= 0.6 is 50.7 Å². The molecular weight excluding hydrogens is 545 g/mol. The molecule has 2 aromatic rings. The lowest BCUT2D eigenvalue weighted by molar-refractivity contribution is 0.0934. The SMILES string of the molecule is CC(C)Oc1ccc(C(=O)NC(=S)NNC(=O)c2ccccc2I)cc1Br. The van der Waals surface area contributed by atoms with Crippen LogP contribution in [0.5, 0.6) is 5.75 Å². The highest BCUT2D eigenvalue weighted by Gasteiger charge is 2.13. The molecule has 27 heavy (non-hydrogen) atoms. The normalized spacial score (nSPS) is 10.3. The van der Waals surface area contributed by atoms with E-state index in [2.05, 4.69) is 54.7 Å². The zero-order valence-corrected chi connectivity index (χ0v) is 19.1. The summed E-state index contributed by atoms with van der Waals surface area (Å²) in [6.45, 7) is 3.84. The van der Waals surface area contributed by atoms with Crippen molar-refractivity contribution >= 4 is 67.7 Å². The Morgan fingerprint density at radius 3 is 2.44 bits per heavy atom. The van der Waals surface area contributed by atoms with Gasteiger partial charge >= 0.3 is 0 Å². The average Bonchev–Trinajstić information content (AvgIpc) is 2.61. The van der Waals surface area contributed by atoms with Crippen molar-refractivity contribution in [3.8, 4) is 5.75 Å². The van der Waals surface area contributed by atoms with E-state index in [0.717, 1.165) is 3.57 Å². The number of thiocarbonyl (C=S) groups is 1. The molecule has 0 aliphatic carbocycles. The summed E-state index contributed by atoms with van der Waals surface area (Å²) < 4.78 is 7.08. The zero-order chi connectivity index (χ0) is 20.0. The third kappa shape index (κ3) is 6.43. The molecule has 2 rings (SSSR count). The zero-order valence-electron chi connectivity index (χ0n) is 14.5. The number of rotatable bonds is 4. The van der Waals surface area contributed by atoms with E-state index < -0.39 is 5.91 Å². The molecule has 2 amide bonds. The predicted molar refractivity (Wildman–Crippen MR) is 120 cm³/mol. The summed E-state index contributed by atoms with van der Waals surface area (Å²) in [4.78, 5) is 24.4. The first-order chi connectivity index (χ1) is 12.8. The Labute approximate surface area is 184 Å². The minimum absolute atomic E-state index is 0.0158. The molecule has 0 aliphatic heterocycles. The van der Waals surface area contributed by atoms with E-state index in [9.17, 15) is 9.59 Å². The Morgan fingerprint density at radius 1 is 1.11 bits per heavy atom. The standard InChI is InChI=1S/C18H17BrIN3O3S/c1-10(2)26-15-8-7-11(9-13(15)19)16(24)21-18(27)23-22-17(25)12-5-3-4-6-14(12)20/h3-10H,1-2H3,(H,22,25)(H2,21,23,24,27). The van der Waals surface area contributed by atoms with Gasteiger partial charge in [-0.3, -0.25) is 25.8 Å². The van der Waals surface area contributed by atoms with Crippen molar-refractivity contribution in [3.63, 3.8) is 0 Å². The van der Waals surface area contributed by atoms with Gasteiger partial charge in [0.05, 0.1) is 16.1 Å². The number of carbonyl (C=O) groups is 2. The molecule has 0 radical (unpaired) electrons. The molecule has 0 aromatic heterocycles. The van der Waals surface area contributed by atoms with Crippen LogP contribution in [0.3, 0.4) is 0 Å². The summed E-state index contributed by atoms with van der Waals surface area (Å²) in [6, 6.07) is 12.1. The van der Waals surface area contributed by atoms with Crippen molar-refractivity contribution in [3.05, 3.63) is 61.6 Å². The summed E-state index contributed by atoms with van der Waals surface area (Å²) in [5.74, 6) is -0.116. The van der Waals surface area contributed by atoms with Gasteiger partial charge in [0, 0.05) is 9.13 Å². The second-order valence-electron chi connectivity index (χ2n) is 5.65. The third-order valence-electron chi connectivity index (χ3n) is 3.19. The number of carbonyl (C=O) groups excluding carboxylic acids is 2. The van der Waals surface area contributed by atoms with Gasteiger partial charge in [0.15, 0.2) is 5.11 Å². The van der Waals surface area contributed by atoms with Crippen LogP contribution in [0.4, 0.5) is 0 Å². The van der Waals surface area contributed by atoms with E-state index in [-0.39, 0.29) is 17.1 Å². The van der Waals surface area contributed by atoms with Gasteiger partial charge in [-0.25, -0.2) is 0 Å². The molecule has 0 aliphatic rings. The van der Waals surface area contributed by atoms with E-state index >= 15 is 0 Å². The van der Waals surface area contributed by atoms with Gasteiger partial charge in [-0.2, -0.15) is 0 Å². The summed E-state index contributed by atoms with van der Waals surface area (Å²) >= 11 is 10.5. The van der Waals surface area contributed by atoms with Crippen LogP contribution < -0.4 is 20.9 Å². The Balaban J connectivity index is 1.92. The molecule has 9 heteroatoms. The van der Waals surface area contributed by atoms with Crippen LogP contribution in [0, 0.1) is 3.57 Å². The van der Waals surface area contributed by atoms with Crippen LogP contribution in [-0.4, -0.2) is 23.0 Å². The molecule has 0 saturated heterocycles.